The first-order valence-electron chi connectivity index (χ1n) is 5.91. The molecule has 0 saturated carbocycles. The molecule has 4 unspecified atom stereocenters. The number of ether oxygens (including phenoxy) is 2. The van der Waals surface area contributed by atoms with E-state index in [2.05, 4.69) is 31.0 Å². The first kappa shape index (κ1) is 11.3. The molecule has 0 aromatic rings. The van der Waals surface area contributed by atoms with Crippen LogP contribution in [0.25, 0.3) is 0 Å². The van der Waals surface area contributed by atoms with Crippen LogP contribution in [0, 0.1) is 0 Å². The molecule has 2 aliphatic rings. The van der Waals surface area contributed by atoms with Gasteiger partial charge in [0.25, 0.3) is 0 Å². The highest BCUT2D eigenvalue weighted by Crippen LogP contribution is 2.19. The van der Waals surface area contributed by atoms with E-state index >= 15 is 0 Å². The molecule has 2 fully saturated rings. The van der Waals surface area contributed by atoms with Gasteiger partial charge in [-0.15, -0.1) is 0 Å². The summed E-state index contributed by atoms with van der Waals surface area (Å²) < 4.78 is 11.5. The largest absolute Gasteiger partial charge is 0.376 e. The average Bonchev–Trinajstić information content (AvgIpc) is 2.23. The average molecular weight is 214 g/mol. The molecular formula is C11H22N2O2. The van der Waals surface area contributed by atoms with Crippen molar-refractivity contribution in [3.63, 3.8) is 0 Å². The summed E-state index contributed by atoms with van der Waals surface area (Å²) in [7, 11) is 0. The highest BCUT2D eigenvalue weighted by atomic mass is 16.5. The van der Waals surface area contributed by atoms with Crippen LogP contribution < -0.4 is 5.32 Å². The van der Waals surface area contributed by atoms with E-state index in [9.17, 15) is 0 Å². The Morgan fingerprint density at radius 3 is 2.73 bits per heavy atom. The number of hydrogen-bond donors (Lipinski definition) is 1. The van der Waals surface area contributed by atoms with Crippen LogP contribution in [0.5, 0.6) is 0 Å². The Morgan fingerprint density at radius 2 is 2.00 bits per heavy atom. The van der Waals surface area contributed by atoms with E-state index in [0.717, 1.165) is 26.3 Å². The van der Waals surface area contributed by atoms with Crippen molar-refractivity contribution < 1.29 is 9.47 Å². The maximum absolute atomic E-state index is 5.86. The third-order valence-corrected chi connectivity index (χ3v) is 3.27. The molecule has 15 heavy (non-hydrogen) atoms. The third-order valence-electron chi connectivity index (χ3n) is 3.27. The van der Waals surface area contributed by atoms with Crippen molar-refractivity contribution in [1.82, 2.24) is 10.2 Å². The van der Waals surface area contributed by atoms with E-state index in [4.69, 9.17) is 9.47 Å². The summed E-state index contributed by atoms with van der Waals surface area (Å²) in [6, 6.07) is 0.861. The van der Waals surface area contributed by atoms with Gasteiger partial charge in [0.1, 0.15) is 6.23 Å². The van der Waals surface area contributed by atoms with Crippen molar-refractivity contribution >= 4 is 0 Å². The van der Waals surface area contributed by atoms with Crippen LogP contribution in [0.3, 0.4) is 0 Å². The zero-order valence-corrected chi connectivity index (χ0v) is 9.90. The first-order valence-corrected chi connectivity index (χ1v) is 5.91. The van der Waals surface area contributed by atoms with Crippen LogP contribution in [0.4, 0.5) is 0 Å². The molecule has 0 aromatic heterocycles. The zero-order chi connectivity index (χ0) is 10.8. The van der Waals surface area contributed by atoms with Crippen LogP contribution in [0.15, 0.2) is 0 Å². The van der Waals surface area contributed by atoms with Crippen molar-refractivity contribution in [3.05, 3.63) is 0 Å². The number of hydrogen-bond acceptors (Lipinski definition) is 4. The summed E-state index contributed by atoms with van der Waals surface area (Å²) in [4.78, 5) is 2.42. The molecule has 4 atom stereocenters. The van der Waals surface area contributed by atoms with Crippen LogP contribution in [-0.2, 0) is 9.47 Å². The van der Waals surface area contributed by atoms with Gasteiger partial charge in [-0.25, -0.2) is 0 Å². The Labute approximate surface area is 91.9 Å². The summed E-state index contributed by atoms with van der Waals surface area (Å²) in [5, 5.41) is 3.46. The van der Waals surface area contributed by atoms with Gasteiger partial charge in [0.2, 0.25) is 0 Å². The number of morpholine rings is 2. The van der Waals surface area contributed by atoms with Gasteiger partial charge in [-0.2, -0.15) is 0 Å². The van der Waals surface area contributed by atoms with E-state index < -0.39 is 0 Å². The summed E-state index contributed by atoms with van der Waals surface area (Å²) >= 11 is 0. The first-order chi connectivity index (χ1) is 7.18. The molecular weight excluding hydrogens is 192 g/mol. The lowest BCUT2D eigenvalue weighted by molar-refractivity contribution is -0.160. The van der Waals surface area contributed by atoms with E-state index in [-0.39, 0.29) is 6.23 Å². The van der Waals surface area contributed by atoms with Crippen molar-refractivity contribution in [2.24, 2.45) is 0 Å². The van der Waals surface area contributed by atoms with Gasteiger partial charge >= 0.3 is 0 Å². The Bertz CT molecular complexity index is 213. The minimum atomic E-state index is 0.208. The SMILES string of the molecule is CC1CN(C2OCCNC2C)C(C)CO1. The van der Waals surface area contributed by atoms with Crippen LogP contribution in [0.2, 0.25) is 0 Å². The lowest BCUT2D eigenvalue weighted by Gasteiger charge is -2.45. The van der Waals surface area contributed by atoms with E-state index in [1.165, 1.54) is 0 Å². The zero-order valence-electron chi connectivity index (χ0n) is 9.90. The molecule has 0 amide bonds. The summed E-state index contributed by atoms with van der Waals surface area (Å²) in [5.74, 6) is 0. The predicted molar refractivity (Wildman–Crippen MR) is 58.8 cm³/mol. The highest BCUT2D eigenvalue weighted by molar-refractivity contribution is 4.84. The molecule has 1 N–H and O–H groups in total. The van der Waals surface area contributed by atoms with Gasteiger partial charge in [0.15, 0.2) is 0 Å². The normalized spacial score (nSPS) is 44.2. The molecule has 2 rings (SSSR count). The van der Waals surface area contributed by atoms with Crippen molar-refractivity contribution in [1.29, 1.82) is 0 Å². The lowest BCUT2D eigenvalue weighted by Crippen LogP contribution is -2.61. The molecule has 4 nitrogen and oxygen atoms in total. The second-order valence-electron chi connectivity index (χ2n) is 4.69. The molecule has 88 valence electrons. The Morgan fingerprint density at radius 1 is 1.20 bits per heavy atom. The topological polar surface area (TPSA) is 33.7 Å². The van der Waals surface area contributed by atoms with Crippen LogP contribution in [-0.4, -0.2) is 55.6 Å². The van der Waals surface area contributed by atoms with E-state index in [1.54, 1.807) is 0 Å². The summed E-state index contributed by atoms with van der Waals surface area (Å²) in [6.07, 6.45) is 0.527. The Hall–Kier alpha value is -0.160. The van der Waals surface area contributed by atoms with Gasteiger partial charge in [-0.3, -0.25) is 4.90 Å². The van der Waals surface area contributed by atoms with Gasteiger partial charge < -0.3 is 14.8 Å². The standard InChI is InChI=1S/C11H22N2O2/c1-8-7-15-9(2)6-13(8)11-10(3)12-4-5-14-11/h8-12H,4-7H2,1-3H3. The predicted octanol–water partition coefficient (Wildman–Crippen LogP) is 0.430. The highest BCUT2D eigenvalue weighted by Gasteiger charge is 2.34. The summed E-state index contributed by atoms with van der Waals surface area (Å²) in [6.45, 7) is 10.1. The quantitative estimate of drug-likeness (QED) is 0.686. The fourth-order valence-corrected chi connectivity index (χ4v) is 2.38. The molecule has 0 aliphatic carbocycles. The number of nitrogens with zero attached hydrogens (tertiary/aromatic N) is 1. The summed E-state index contributed by atoms with van der Waals surface area (Å²) in [5.41, 5.74) is 0. The minimum Gasteiger partial charge on any atom is -0.376 e. The maximum Gasteiger partial charge on any atom is 0.126 e. The number of rotatable bonds is 1. The van der Waals surface area contributed by atoms with Crippen molar-refractivity contribution in [2.75, 3.05) is 26.3 Å². The van der Waals surface area contributed by atoms with Gasteiger partial charge in [0, 0.05) is 25.2 Å². The second kappa shape index (κ2) is 4.78. The minimum absolute atomic E-state index is 0.208. The molecule has 0 aromatic carbocycles. The molecule has 0 bridgehead atoms. The van der Waals surface area contributed by atoms with Crippen molar-refractivity contribution in [3.8, 4) is 0 Å². The van der Waals surface area contributed by atoms with Crippen molar-refractivity contribution in [2.45, 2.75) is 45.2 Å². The molecule has 2 aliphatic heterocycles. The number of nitrogens with one attached hydrogen (secondary N) is 1. The fourth-order valence-electron chi connectivity index (χ4n) is 2.38. The molecule has 2 heterocycles. The molecule has 0 spiro atoms. The van der Waals surface area contributed by atoms with E-state index in [0.29, 0.717) is 18.2 Å². The fraction of sp³-hybridized carbons (Fsp3) is 1.00. The Balaban J connectivity index is 1.99. The lowest BCUT2D eigenvalue weighted by atomic mass is 10.1. The second-order valence-corrected chi connectivity index (χ2v) is 4.69. The molecule has 0 radical (unpaired) electrons. The van der Waals surface area contributed by atoms with Gasteiger partial charge in [-0.05, 0) is 20.8 Å². The molecule has 4 heteroatoms. The Kier molecular flexibility index (Phi) is 3.61. The monoisotopic (exact) mass is 214 g/mol. The van der Waals surface area contributed by atoms with Gasteiger partial charge in [0.05, 0.1) is 19.3 Å². The maximum atomic E-state index is 5.86. The molecule has 2 saturated heterocycles. The van der Waals surface area contributed by atoms with Gasteiger partial charge in [-0.1, -0.05) is 0 Å². The van der Waals surface area contributed by atoms with E-state index in [1.807, 2.05) is 0 Å². The smallest absolute Gasteiger partial charge is 0.126 e. The van der Waals surface area contributed by atoms with Crippen LogP contribution >= 0.6 is 0 Å². The van der Waals surface area contributed by atoms with Crippen LogP contribution in [0.1, 0.15) is 20.8 Å². The third kappa shape index (κ3) is 2.50.